The third-order valence-electron chi connectivity index (χ3n) is 4.13. The van der Waals surface area contributed by atoms with E-state index in [1.54, 1.807) is 4.68 Å². The molecular formula is C17H21ClN4O. The zero-order valence-electron chi connectivity index (χ0n) is 13.2. The van der Waals surface area contributed by atoms with Crippen LogP contribution in [0.15, 0.2) is 36.7 Å². The van der Waals surface area contributed by atoms with E-state index in [-0.39, 0.29) is 11.9 Å². The number of halogens is 1. The molecular weight excluding hydrogens is 312 g/mol. The number of benzene rings is 1. The highest BCUT2D eigenvalue weighted by atomic mass is 35.5. The minimum absolute atomic E-state index is 0.210. The first kappa shape index (κ1) is 16.0. The molecule has 0 spiro atoms. The fourth-order valence-corrected chi connectivity index (χ4v) is 3.12. The van der Waals surface area contributed by atoms with Gasteiger partial charge in [-0.1, -0.05) is 23.7 Å². The van der Waals surface area contributed by atoms with Gasteiger partial charge in [-0.2, -0.15) is 5.10 Å². The van der Waals surface area contributed by atoms with Gasteiger partial charge in [-0.15, -0.1) is 0 Å². The summed E-state index contributed by atoms with van der Waals surface area (Å²) < 4.78 is 1.79. The third-order valence-corrected chi connectivity index (χ3v) is 4.36. The molecule has 1 amide bonds. The van der Waals surface area contributed by atoms with Gasteiger partial charge < -0.3 is 10.2 Å². The molecule has 1 saturated heterocycles. The van der Waals surface area contributed by atoms with Crippen molar-refractivity contribution in [2.24, 2.45) is 7.05 Å². The van der Waals surface area contributed by atoms with Gasteiger partial charge in [0.1, 0.15) is 0 Å². The normalized spacial score (nSPS) is 17.9. The smallest absolute Gasteiger partial charge is 0.224 e. The molecule has 1 aromatic carbocycles. The Balaban J connectivity index is 1.47. The molecule has 0 saturated carbocycles. The Hall–Kier alpha value is -1.85. The quantitative estimate of drug-likeness (QED) is 0.880. The first-order valence-electron chi connectivity index (χ1n) is 7.83. The highest BCUT2D eigenvalue weighted by molar-refractivity contribution is 6.30. The van der Waals surface area contributed by atoms with E-state index in [0.717, 1.165) is 42.2 Å². The second kappa shape index (κ2) is 7.15. The summed E-state index contributed by atoms with van der Waals surface area (Å²) >= 11 is 6.00. The number of hydrogen-bond donors (Lipinski definition) is 1. The predicted octanol–water partition coefficient (Wildman–Crippen LogP) is 2.01. The minimum atomic E-state index is 0.210. The number of nitrogens with one attached hydrogen (secondary N) is 1. The summed E-state index contributed by atoms with van der Waals surface area (Å²) in [5.74, 6) is 0.218. The van der Waals surface area contributed by atoms with Crippen LogP contribution in [0.4, 0.5) is 0 Å². The van der Waals surface area contributed by atoms with E-state index in [1.165, 1.54) is 0 Å². The van der Waals surface area contributed by atoms with Gasteiger partial charge >= 0.3 is 0 Å². The maximum atomic E-state index is 12.1. The van der Waals surface area contributed by atoms with E-state index < -0.39 is 0 Å². The summed E-state index contributed by atoms with van der Waals surface area (Å²) in [6.07, 6.45) is 5.23. The van der Waals surface area contributed by atoms with Crippen molar-refractivity contribution >= 4 is 17.5 Å². The Labute approximate surface area is 141 Å². The Morgan fingerprint density at radius 2 is 2.26 bits per heavy atom. The van der Waals surface area contributed by atoms with Crippen LogP contribution in [0.5, 0.6) is 0 Å². The zero-order valence-corrected chi connectivity index (χ0v) is 14.0. The molecule has 0 aliphatic carbocycles. The summed E-state index contributed by atoms with van der Waals surface area (Å²) in [7, 11) is 1.90. The van der Waals surface area contributed by atoms with Crippen LogP contribution in [0.3, 0.4) is 0 Å². The lowest BCUT2D eigenvalue weighted by atomic mass is 10.1. The monoisotopic (exact) mass is 332 g/mol. The Morgan fingerprint density at radius 1 is 1.39 bits per heavy atom. The maximum Gasteiger partial charge on any atom is 0.224 e. The lowest BCUT2D eigenvalue weighted by Crippen LogP contribution is -2.33. The molecule has 5 nitrogen and oxygen atoms in total. The lowest BCUT2D eigenvalue weighted by Gasteiger charge is -2.17. The number of hydrogen-bond acceptors (Lipinski definition) is 3. The SMILES string of the molecule is Cn1cc(CN[C@@H]2CC(=O)N(CCc3cccc(Cl)c3)C2)cn1. The number of nitrogens with zero attached hydrogens (tertiary/aromatic N) is 3. The van der Waals surface area contributed by atoms with Crippen molar-refractivity contribution in [3.8, 4) is 0 Å². The molecule has 1 atom stereocenters. The Bertz CT molecular complexity index is 685. The third kappa shape index (κ3) is 4.33. The van der Waals surface area contributed by atoms with Crippen molar-refractivity contribution in [2.75, 3.05) is 13.1 Å². The second-order valence-corrected chi connectivity index (χ2v) is 6.46. The first-order chi connectivity index (χ1) is 11.1. The van der Waals surface area contributed by atoms with E-state index in [2.05, 4.69) is 10.4 Å². The largest absolute Gasteiger partial charge is 0.341 e. The molecule has 1 aromatic heterocycles. The van der Waals surface area contributed by atoms with Gasteiger partial charge in [0.2, 0.25) is 5.91 Å². The van der Waals surface area contributed by atoms with Crippen LogP contribution in [-0.4, -0.2) is 39.7 Å². The van der Waals surface area contributed by atoms with Crippen molar-refractivity contribution in [2.45, 2.75) is 25.4 Å². The van der Waals surface area contributed by atoms with Crippen LogP contribution < -0.4 is 5.32 Å². The van der Waals surface area contributed by atoms with Crippen molar-refractivity contribution in [3.63, 3.8) is 0 Å². The molecule has 3 rings (SSSR count). The molecule has 2 heterocycles. The van der Waals surface area contributed by atoms with Gasteiger partial charge in [-0.25, -0.2) is 0 Å². The number of carbonyl (C=O) groups is 1. The molecule has 0 unspecified atom stereocenters. The van der Waals surface area contributed by atoms with E-state index >= 15 is 0 Å². The van der Waals surface area contributed by atoms with Crippen molar-refractivity contribution < 1.29 is 4.79 Å². The van der Waals surface area contributed by atoms with Crippen LogP contribution in [0.25, 0.3) is 0 Å². The van der Waals surface area contributed by atoms with E-state index in [1.807, 2.05) is 48.6 Å². The van der Waals surface area contributed by atoms with Gasteiger partial charge in [-0.3, -0.25) is 9.48 Å². The van der Waals surface area contributed by atoms with Crippen LogP contribution in [0.2, 0.25) is 5.02 Å². The maximum absolute atomic E-state index is 12.1. The Morgan fingerprint density at radius 3 is 3.00 bits per heavy atom. The van der Waals surface area contributed by atoms with E-state index in [9.17, 15) is 4.79 Å². The molecule has 6 heteroatoms. The van der Waals surface area contributed by atoms with Crippen molar-refractivity contribution in [1.82, 2.24) is 20.0 Å². The number of likely N-dealkylation sites (tertiary alicyclic amines) is 1. The first-order valence-corrected chi connectivity index (χ1v) is 8.21. The van der Waals surface area contributed by atoms with Gasteiger partial charge in [0.15, 0.2) is 0 Å². The molecule has 1 aliphatic heterocycles. The average molecular weight is 333 g/mol. The average Bonchev–Trinajstić information content (AvgIpc) is 3.09. The topological polar surface area (TPSA) is 50.2 Å². The molecule has 1 fully saturated rings. The summed E-state index contributed by atoms with van der Waals surface area (Å²) in [4.78, 5) is 14.1. The molecule has 1 aliphatic rings. The van der Waals surface area contributed by atoms with Crippen LogP contribution >= 0.6 is 11.6 Å². The summed E-state index contributed by atoms with van der Waals surface area (Å²) in [5, 5.41) is 8.33. The highest BCUT2D eigenvalue weighted by Gasteiger charge is 2.28. The summed E-state index contributed by atoms with van der Waals surface area (Å²) in [5.41, 5.74) is 2.30. The minimum Gasteiger partial charge on any atom is -0.341 e. The predicted molar refractivity (Wildman–Crippen MR) is 90.2 cm³/mol. The summed E-state index contributed by atoms with van der Waals surface area (Å²) in [6, 6.07) is 8.03. The van der Waals surface area contributed by atoms with Gasteiger partial charge in [0, 0.05) is 55.9 Å². The van der Waals surface area contributed by atoms with Crippen LogP contribution in [0, 0.1) is 0 Å². The van der Waals surface area contributed by atoms with Crippen LogP contribution in [-0.2, 0) is 24.8 Å². The molecule has 1 N–H and O–H groups in total. The number of amides is 1. The van der Waals surface area contributed by atoms with Crippen LogP contribution in [0.1, 0.15) is 17.5 Å². The van der Waals surface area contributed by atoms with E-state index in [0.29, 0.717) is 6.42 Å². The fraction of sp³-hybridized carbons (Fsp3) is 0.412. The highest BCUT2D eigenvalue weighted by Crippen LogP contribution is 2.15. The molecule has 122 valence electrons. The van der Waals surface area contributed by atoms with Crippen molar-refractivity contribution in [3.05, 3.63) is 52.8 Å². The zero-order chi connectivity index (χ0) is 16.2. The van der Waals surface area contributed by atoms with Gasteiger partial charge in [0.05, 0.1) is 6.20 Å². The standard InChI is InChI=1S/C17H21ClN4O/c1-21-11-14(10-20-21)9-19-16-8-17(23)22(12-16)6-5-13-3-2-4-15(18)7-13/h2-4,7,10-11,16,19H,5-6,8-9,12H2,1H3/t16-/m1/s1. The number of aromatic nitrogens is 2. The number of carbonyl (C=O) groups excluding carboxylic acids is 1. The number of aryl methyl sites for hydroxylation is 1. The van der Waals surface area contributed by atoms with Gasteiger partial charge in [-0.05, 0) is 24.1 Å². The lowest BCUT2D eigenvalue weighted by molar-refractivity contribution is -0.127. The molecule has 0 radical (unpaired) electrons. The fourth-order valence-electron chi connectivity index (χ4n) is 2.91. The second-order valence-electron chi connectivity index (χ2n) is 6.02. The molecule has 23 heavy (non-hydrogen) atoms. The molecule has 0 bridgehead atoms. The number of rotatable bonds is 6. The van der Waals surface area contributed by atoms with E-state index in [4.69, 9.17) is 11.6 Å². The molecule has 2 aromatic rings. The van der Waals surface area contributed by atoms with Gasteiger partial charge in [0.25, 0.3) is 0 Å². The Kier molecular flexibility index (Phi) is 4.98. The summed E-state index contributed by atoms with van der Waals surface area (Å²) in [6.45, 7) is 2.25. The van der Waals surface area contributed by atoms with Crippen molar-refractivity contribution in [1.29, 1.82) is 0 Å².